The number of amides is 1. The van der Waals surface area contributed by atoms with Crippen LogP contribution < -0.4 is 10.1 Å². The Morgan fingerprint density at radius 1 is 1.12 bits per heavy atom. The summed E-state index contributed by atoms with van der Waals surface area (Å²) in [5, 5.41) is 13.2. The van der Waals surface area contributed by atoms with E-state index in [0.717, 1.165) is 0 Å². The minimum Gasteiger partial charge on any atom is -0.495 e. The summed E-state index contributed by atoms with van der Waals surface area (Å²) >= 11 is 0. The molecule has 0 spiro atoms. The lowest BCUT2D eigenvalue weighted by molar-refractivity contribution is -0.384. The maximum Gasteiger partial charge on any atom is 0.338 e. The zero-order valence-corrected chi connectivity index (χ0v) is 13.6. The fourth-order valence-corrected chi connectivity index (χ4v) is 1.98. The number of carbonyl (C=O) groups is 2. The number of non-ortho nitro benzene ring substituents is 1. The Morgan fingerprint density at radius 3 is 2.36 bits per heavy atom. The first-order chi connectivity index (χ1) is 11.9. The molecule has 8 nitrogen and oxygen atoms in total. The first kappa shape index (κ1) is 17.9. The Morgan fingerprint density at radius 2 is 1.76 bits per heavy atom. The molecular formula is C17H16N2O6. The molecule has 8 heteroatoms. The minimum atomic E-state index is -1.06. The molecule has 25 heavy (non-hydrogen) atoms. The first-order valence-electron chi connectivity index (χ1n) is 7.31. The predicted octanol–water partition coefficient (Wildman–Crippen LogP) is 2.79. The van der Waals surface area contributed by atoms with Gasteiger partial charge in [-0.15, -0.1) is 0 Å². The molecule has 0 saturated carbocycles. The molecule has 1 atom stereocenters. The summed E-state index contributed by atoms with van der Waals surface area (Å²) in [7, 11) is 1.48. The number of hydrogen-bond donors (Lipinski definition) is 1. The van der Waals surface area contributed by atoms with Crippen molar-refractivity contribution in [2.24, 2.45) is 0 Å². The Bertz CT molecular complexity index is 788. The smallest absolute Gasteiger partial charge is 0.338 e. The number of rotatable bonds is 6. The molecule has 0 aliphatic carbocycles. The second-order valence-corrected chi connectivity index (χ2v) is 5.04. The van der Waals surface area contributed by atoms with Gasteiger partial charge in [0.05, 0.1) is 23.3 Å². The van der Waals surface area contributed by atoms with E-state index in [9.17, 15) is 19.7 Å². The fourth-order valence-electron chi connectivity index (χ4n) is 1.98. The van der Waals surface area contributed by atoms with Gasteiger partial charge in [0.25, 0.3) is 11.6 Å². The highest BCUT2D eigenvalue weighted by Crippen LogP contribution is 2.23. The number of ether oxygens (including phenoxy) is 2. The minimum absolute atomic E-state index is 0.113. The molecule has 0 heterocycles. The van der Waals surface area contributed by atoms with Gasteiger partial charge in [-0.3, -0.25) is 14.9 Å². The summed E-state index contributed by atoms with van der Waals surface area (Å²) in [6.45, 7) is 1.42. The number of esters is 1. The molecule has 0 aliphatic heterocycles. The van der Waals surface area contributed by atoms with Gasteiger partial charge in [0.1, 0.15) is 5.75 Å². The standard InChI is InChI=1S/C17H16N2O6/c1-11(16(20)18-14-5-3-4-6-15(14)24-2)25-17(21)12-7-9-13(10-8-12)19(22)23/h3-11H,1-2H3,(H,18,20)/t11-/m1/s1. The van der Waals surface area contributed by atoms with Crippen LogP contribution in [0.1, 0.15) is 17.3 Å². The Balaban J connectivity index is 2.00. The Hall–Kier alpha value is -3.42. The number of anilines is 1. The van der Waals surface area contributed by atoms with Gasteiger partial charge in [0.15, 0.2) is 6.10 Å². The normalized spacial score (nSPS) is 11.3. The molecule has 1 N–H and O–H groups in total. The molecule has 0 unspecified atom stereocenters. The van der Waals surface area contributed by atoms with Crippen LogP contribution in [0.15, 0.2) is 48.5 Å². The van der Waals surface area contributed by atoms with Crippen molar-refractivity contribution in [1.82, 2.24) is 0 Å². The average Bonchev–Trinajstić information content (AvgIpc) is 2.62. The molecule has 0 aromatic heterocycles. The van der Waals surface area contributed by atoms with Crippen LogP contribution in [0.5, 0.6) is 5.75 Å². The lowest BCUT2D eigenvalue weighted by Gasteiger charge is -2.15. The number of nitro benzene ring substituents is 1. The molecule has 0 saturated heterocycles. The highest BCUT2D eigenvalue weighted by atomic mass is 16.6. The number of para-hydroxylation sites is 2. The van der Waals surface area contributed by atoms with Gasteiger partial charge in [-0.25, -0.2) is 4.79 Å². The Kier molecular flexibility index (Phi) is 5.67. The molecule has 2 rings (SSSR count). The number of nitro groups is 1. The molecule has 130 valence electrons. The topological polar surface area (TPSA) is 108 Å². The number of carbonyl (C=O) groups excluding carboxylic acids is 2. The van der Waals surface area contributed by atoms with Crippen LogP contribution in [0.4, 0.5) is 11.4 Å². The van der Waals surface area contributed by atoms with Gasteiger partial charge >= 0.3 is 5.97 Å². The van der Waals surface area contributed by atoms with Crippen LogP contribution in [0.2, 0.25) is 0 Å². The number of methoxy groups -OCH3 is 1. The SMILES string of the molecule is COc1ccccc1NC(=O)[C@@H](C)OC(=O)c1ccc([N+](=O)[O-])cc1. The van der Waals surface area contributed by atoms with Crippen molar-refractivity contribution >= 4 is 23.3 Å². The summed E-state index contributed by atoms with van der Waals surface area (Å²) < 4.78 is 10.2. The quantitative estimate of drug-likeness (QED) is 0.490. The number of benzene rings is 2. The zero-order valence-electron chi connectivity index (χ0n) is 13.6. The van der Waals surface area contributed by atoms with E-state index >= 15 is 0 Å². The molecule has 0 aliphatic rings. The second kappa shape index (κ2) is 7.91. The summed E-state index contributed by atoms with van der Waals surface area (Å²) in [6.07, 6.45) is -1.06. The molecule has 2 aromatic rings. The Labute approximate surface area is 143 Å². The summed E-state index contributed by atoms with van der Waals surface area (Å²) in [4.78, 5) is 34.2. The highest BCUT2D eigenvalue weighted by molar-refractivity contribution is 5.98. The van der Waals surface area contributed by atoms with Gasteiger partial charge in [-0.05, 0) is 31.2 Å². The van der Waals surface area contributed by atoms with E-state index in [2.05, 4.69) is 5.32 Å². The van der Waals surface area contributed by atoms with Crippen LogP contribution in [-0.4, -0.2) is 30.0 Å². The van der Waals surface area contributed by atoms with Gasteiger partial charge < -0.3 is 14.8 Å². The largest absolute Gasteiger partial charge is 0.495 e. The van der Waals surface area contributed by atoms with Crippen molar-refractivity contribution < 1.29 is 24.0 Å². The van der Waals surface area contributed by atoms with E-state index in [1.807, 2.05) is 0 Å². The van der Waals surface area contributed by atoms with Gasteiger partial charge in [0, 0.05) is 12.1 Å². The van der Waals surface area contributed by atoms with E-state index in [1.165, 1.54) is 38.3 Å². The van der Waals surface area contributed by atoms with Crippen molar-refractivity contribution in [3.05, 3.63) is 64.2 Å². The maximum atomic E-state index is 12.2. The van der Waals surface area contributed by atoms with E-state index in [-0.39, 0.29) is 11.3 Å². The fraction of sp³-hybridized carbons (Fsp3) is 0.176. The van der Waals surface area contributed by atoms with Crippen LogP contribution in [0, 0.1) is 10.1 Å². The second-order valence-electron chi connectivity index (χ2n) is 5.04. The van der Waals surface area contributed by atoms with E-state index in [4.69, 9.17) is 9.47 Å². The van der Waals surface area contributed by atoms with E-state index < -0.39 is 22.9 Å². The first-order valence-corrected chi connectivity index (χ1v) is 7.31. The van der Waals surface area contributed by atoms with E-state index in [1.54, 1.807) is 24.3 Å². The third-order valence-electron chi connectivity index (χ3n) is 3.33. The van der Waals surface area contributed by atoms with E-state index in [0.29, 0.717) is 11.4 Å². The van der Waals surface area contributed by atoms with Crippen molar-refractivity contribution in [1.29, 1.82) is 0 Å². The summed E-state index contributed by atoms with van der Waals surface area (Å²) in [6, 6.07) is 11.7. The lowest BCUT2D eigenvalue weighted by atomic mass is 10.2. The van der Waals surface area contributed by atoms with Crippen molar-refractivity contribution in [2.45, 2.75) is 13.0 Å². The van der Waals surface area contributed by atoms with Crippen molar-refractivity contribution in [3.8, 4) is 5.75 Å². The van der Waals surface area contributed by atoms with Crippen LogP contribution in [0.25, 0.3) is 0 Å². The maximum absolute atomic E-state index is 12.2. The zero-order chi connectivity index (χ0) is 18.4. The van der Waals surface area contributed by atoms with Gasteiger partial charge in [0.2, 0.25) is 0 Å². The number of hydrogen-bond acceptors (Lipinski definition) is 6. The molecule has 0 bridgehead atoms. The summed E-state index contributed by atoms with van der Waals surface area (Å²) in [5.41, 5.74) is 0.425. The van der Waals surface area contributed by atoms with Crippen molar-refractivity contribution in [2.75, 3.05) is 12.4 Å². The average molecular weight is 344 g/mol. The lowest BCUT2D eigenvalue weighted by Crippen LogP contribution is -2.30. The third-order valence-corrected chi connectivity index (χ3v) is 3.33. The molecule has 1 amide bonds. The molecule has 0 radical (unpaired) electrons. The number of nitrogens with one attached hydrogen (secondary N) is 1. The monoisotopic (exact) mass is 344 g/mol. The highest BCUT2D eigenvalue weighted by Gasteiger charge is 2.20. The van der Waals surface area contributed by atoms with Crippen LogP contribution in [-0.2, 0) is 9.53 Å². The predicted molar refractivity (Wildman–Crippen MR) is 89.6 cm³/mol. The molecule has 0 fully saturated rings. The number of nitrogens with zero attached hydrogens (tertiary/aromatic N) is 1. The van der Waals surface area contributed by atoms with Gasteiger partial charge in [-0.1, -0.05) is 12.1 Å². The molecular weight excluding hydrogens is 328 g/mol. The summed E-state index contributed by atoms with van der Waals surface area (Å²) in [5.74, 6) is -0.804. The van der Waals surface area contributed by atoms with Gasteiger partial charge in [-0.2, -0.15) is 0 Å². The molecule has 2 aromatic carbocycles. The van der Waals surface area contributed by atoms with Crippen molar-refractivity contribution in [3.63, 3.8) is 0 Å². The van der Waals surface area contributed by atoms with Crippen LogP contribution in [0.3, 0.4) is 0 Å². The van der Waals surface area contributed by atoms with Crippen LogP contribution >= 0.6 is 0 Å². The third kappa shape index (κ3) is 4.54.